The Balaban J connectivity index is 2.05. The third kappa shape index (κ3) is 3.62. The quantitative estimate of drug-likeness (QED) is 0.873. The molecule has 2 rings (SSSR count). The molecule has 1 unspecified atom stereocenters. The maximum absolute atomic E-state index is 6.17. The highest BCUT2D eigenvalue weighted by atomic mass is 35.5. The molecule has 1 atom stereocenters. The Morgan fingerprint density at radius 3 is 3.05 bits per heavy atom. The van der Waals surface area contributed by atoms with Gasteiger partial charge in [-0.15, -0.1) is 0 Å². The molecule has 1 saturated heterocycles. The fourth-order valence-corrected chi connectivity index (χ4v) is 3.10. The van der Waals surface area contributed by atoms with Crippen molar-refractivity contribution in [3.63, 3.8) is 0 Å². The number of aromatic nitrogens is 1. The summed E-state index contributed by atoms with van der Waals surface area (Å²) in [4.78, 5) is 9.26. The lowest BCUT2D eigenvalue weighted by Gasteiger charge is -2.28. The molecule has 20 heavy (non-hydrogen) atoms. The molecule has 0 radical (unpaired) electrons. The Bertz CT molecular complexity index is 438. The van der Waals surface area contributed by atoms with Crippen LogP contribution >= 0.6 is 11.6 Å². The van der Waals surface area contributed by atoms with Gasteiger partial charge in [-0.3, -0.25) is 4.90 Å². The summed E-state index contributed by atoms with van der Waals surface area (Å²) in [6.45, 7) is 6.41. The normalized spacial score (nSPS) is 19.5. The largest absolute Gasteiger partial charge is 0.358 e. The highest BCUT2D eigenvalue weighted by Crippen LogP contribution is 2.22. The Hall–Kier alpha value is -0.840. The van der Waals surface area contributed by atoms with Crippen molar-refractivity contribution < 1.29 is 0 Å². The highest BCUT2D eigenvalue weighted by Gasteiger charge is 2.24. The summed E-state index contributed by atoms with van der Waals surface area (Å²) in [5.74, 6) is 1.00. The molecular weight excluding hydrogens is 272 g/mol. The zero-order valence-corrected chi connectivity index (χ0v) is 13.5. The molecule has 0 aliphatic carbocycles. The van der Waals surface area contributed by atoms with Gasteiger partial charge in [0.05, 0.1) is 5.02 Å². The molecule has 1 N–H and O–H groups in total. The van der Waals surface area contributed by atoms with Crippen molar-refractivity contribution in [2.24, 2.45) is 0 Å². The van der Waals surface area contributed by atoms with Gasteiger partial charge < -0.3 is 10.2 Å². The van der Waals surface area contributed by atoms with E-state index in [0.29, 0.717) is 6.04 Å². The summed E-state index contributed by atoms with van der Waals surface area (Å²) in [7, 11) is 4.04. The molecule has 1 aromatic rings. The van der Waals surface area contributed by atoms with E-state index in [2.05, 4.69) is 40.1 Å². The fraction of sp³-hybridized carbons (Fsp3) is 0.667. The average Bonchev–Trinajstić information content (AvgIpc) is 2.88. The monoisotopic (exact) mass is 296 g/mol. The maximum atomic E-state index is 6.17. The van der Waals surface area contributed by atoms with Crippen LogP contribution < -0.4 is 10.2 Å². The smallest absolute Gasteiger partial charge is 0.128 e. The van der Waals surface area contributed by atoms with E-state index in [1.807, 2.05) is 7.05 Å². The molecule has 112 valence electrons. The number of nitrogens with one attached hydrogen (secondary N) is 1. The number of nitrogens with zero attached hydrogens (tertiary/aromatic N) is 3. The van der Waals surface area contributed by atoms with Crippen molar-refractivity contribution >= 4 is 17.4 Å². The van der Waals surface area contributed by atoms with Crippen LogP contribution in [0.5, 0.6) is 0 Å². The van der Waals surface area contributed by atoms with Gasteiger partial charge in [0, 0.05) is 32.4 Å². The SMILES string of the molecule is CCN1CCCC1CN(C)c1cc(CNC)c(Cl)cn1. The van der Waals surface area contributed by atoms with Crippen molar-refractivity contribution in [1.29, 1.82) is 0 Å². The van der Waals surface area contributed by atoms with E-state index in [1.165, 1.54) is 19.4 Å². The molecule has 2 heterocycles. The number of hydrogen-bond acceptors (Lipinski definition) is 4. The van der Waals surface area contributed by atoms with Gasteiger partial charge in [-0.25, -0.2) is 4.98 Å². The molecule has 0 spiro atoms. The Morgan fingerprint density at radius 1 is 1.55 bits per heavy atom. The second-order valence-electron chi connectivity index (χ2n) is 5.47. The van der Waals surface area contributed by atoms with E-state index in [4.69, 9.17) is 11.6 Å². The van der Waals surface area contributed by atoms with Gasteiger partial charge in [0.2, 0.25) is 0 Å². The Morgan fingerprint density at radius 2 is 2.35 bits per heavy atom. The summed E-state index contributed by atoms with van der Waals surface area (Å²) in [5.41, 5.74) is 1.10. The number of rotatable bonds is 6. The molecule has 0 bridgehead atoms. The van der Waals surface area contributed by atoms with Crippen molar-refractivity contribution in [3.05, 3.63) is 22.8 Å². The van der Waals surface area contributed by atoms with E-state index in [0.717, 1.165) is 36.0 Å². The minimum atomic E-state index is 0.648. The summed E-state index contributed by atoms with van der Waals surface area (Å²) in [6, 6.07) is 2.74. The van der Waals surface area contributed by atoms with Crippen LogP contribution in [0.15, 0.2) is 12.3 Å². The van der Waals surface area contributed by atoms with Crippen molar-refractivity contribution in [3.8, 4) is 0 Å². The van der Waals surface area contributed by atoms with Gasteiger partial charge in [-0.05, 0) is 44.6 Å². The number of likely N-dealkylation sites (tertiary alicyclic amines) is 1. The average molecular weight is 297 g/mol. The second kappa shape index (κ2) is 7.25. The van der Waals surface area contributed by atoms with Crippen LogP contribution in [0, 0.1) is 0 Å². The minimum absolute atomic E-state index is 0.648. The zero-order valence-electron chi connectivity index (χ0n) is 12.7. The van der Waals surface area contributed by atoms with Crippen molar-refractivity contribution in [2.45, 2.75) is 32.4 Å². The number of pyridine rings is 1. The van der Waals surface area contributed by atoms with Crippen LogP contribution in [0.4, 0.5) is 5.82 Å². The first-order valence-corrected chi connectivity index (χ1v) is 7.77. The number of halogens is 1. The second-order valence-corrected chi connectivity index (χ2v) is 5.88. The van der Waals surface area contributed by atoms with Crippen LogP contribution in [-0.4, -0.2) is 49.7 Å². The molecule has 1 aliphatic rings. The first-order chi connectivity index (χ1) is 9.65. The van der Waals surface area contributed by atoms with Crippen LogP contribution in [0.2, 0.25) is 5.02 Å². The molecule has 5 heteroatoms. The highest BCUT2D eigenvalue weighted by molar-refractivity contribution is 6.31. The lowest BCUT2D eigenvalue weighted by atomic mass is 10.2. The predicted octanol–water partition coefficient (Wildman–Crippen LogP) is 2.37. The van der Waals surface area contributed by atoms with E-state index >= 15 is 0 Å². The number of anilines is 1. The van der Waals surface area contributed by atoms with Crippen LogP contribution in [-0.2, 0) is 6.54 Å². The molecule has 4 nitrogen and oxygen atoms in total. The van der Waals surface area contributed by atoms with Gasteiger partial charge >= 0.3 is 0 Å². The van der Waals surface area contributed by atoms with Crippen molar-refractivity contribution in [2.75, 3.05) is 38.6 Å². The van der Waals surface area contributed by atoms with Gasteiger partial charge in [0.15, 0.2) is 0 Å². The maximum Gasteiger partial charge on any atom is 0.128 e. The predicted molar refractivity (Wildman–Crippen MR) is 85.5 cm³/mol. The van der Waals surface area contributed by atoms with Crippen molar-refractivity contribution in [1.82, 2.24) is 15.2 Å². The van der Waals surface area contributed by atoms with Gasteiger partial charge in [0.25, 0.3) is 0 Å². The van der Waals surface area contributed by atoms with E-state index in [1.54, 1.807) is 6.20 Å². The summed E-state index contributed by atoms with van der Waals surface area (Å²) < 4.78 is 0. The fourth-order valence-electron chi connectivity index (χ4n) is 2.93. The van der Waals surface area contributed by atoms with Crippen LogP contribution in [0.3, 0.4) is 0 Å². The summed E-state index contributed by atoms with van der Waals surface area (Å²) >= 11 is 6.17. The third-order valence-corrected chi connectivity index (χ3v) is 4.41. The number of likely N-dealkylation sites (N-methyl/N-ethyl adjacent to an activating group) is 2. The molecule has 0 aromatic carbocycles. The zero-order chi connectivity index (χ0) is 14.5. The Labute approximate surface area is 127 Å². The molecule has 1 aliphatic heterocycles. The Kier molecular flexibility index (Phi) is 5.64. The third-order valence-electron chi connectivity index (χ3n) is 4.07. The molecule has 0 saturated carbocycles. The standard InChI is InChI=1S/C15H25ClN4/c1-4-20-7-5-6-13(20)11-19(3)15-8-12(9-17-2)14(16)10-18-15/h8,10,13,17H,4-7,9,11H2,1-3H3. The first kappa shape index (κ1) is 15.5. The lowest BCUT2D eigenvalue weighted by molar-refractivity contribution is 0.270. The van der Waals surface area contributed by atoms with Gasteiger partial charge in [-0.2, -0.15) is 0 Å². The molecule has 0 amide bonds. The van der Waals surface area contributed by atoms with E-state index in [9.17, 15) is 0 Å². The van der Waals surface area contributed by atoms with E-state index in [-0.39, 0.29) is 0 Å². The first-order valence-electron chi connectivity index (χ1n) is 7.40. The molecular formula is C15H25ClN4. The minimum Gasteiger partial charge on any atom is -0.358 e. The topological polar surface area (TPSA) is 31.4 Å². The van der Waals surface area contributed by atoms with Gasteiger partial charge in [-0.1, -0.05) is 18.5 Å². The van der Waals surface area contributed by atoms with Gasteiger partial charge in [0.1, 0.15) is 5.82 Å². The summed E-state index contributed by atoms with van der Waals surface area (Å²) in [6.07, 6.45) is 4.35. The van der Waals surface area contributed by atoms with Crippen LogP contribution in [0.1, 0.15) is 25.3 Å². The molecule has 1 fully saturated rings. The summed E-state index contributed by atoms with van der Waals surface area (Å²) in [5, 5.41) is 3.87. The lowest BCUT2D eigenvalue weighted by Crippen LogP contribution is -2.39. The molecule has 1 aromatic heterocycles. The van der Waals surface area contributed by atoms with Crippen LogP contribution in [0.25, 0.3) is 0 Å². The van der Waals surface area contributed by atoms with E-state index < -0.39 is 0 Å². The number of hydrogen-bond donors (Lipinski definition) is 1.